The number of hydrogen-bond acceptors (Lipinski definition) is 7. The summed E-state index contributed by atoms with van der Waals surface area (Å²) in [7, 11) is -3.18. The number of hydrogen-bond donors (Lipinski definition) is 1. The first-order valence-corrected chi connectivity index (χ1v) is 9.43. The summed E-state index contributed by atoms with van der Waals surface area (Å²) >= 11 is 1.61. The van der Waals surface area contributed by atoms with Crippen LogP contribution in [0.5, 0.6) is 0 Å². The van der Waals surface area contributed by atoms with Crippen molar-refractivity contribution >= 4 is 33.0 Å². The van der Waals surface area contributed by atoms with Crippen molar-refractivity contribution in [1.29, 1.82) is 0 Å². The number of benzene rings is 1. The Morgan fingerprint density at radius 2 is 2.24 bits per heavy atom. The quantitative estimate of drug-likeness (QED) is 0.500. The Kier molecular flexibility index (Phi) is 4.74. The summed E-state index contributed by atoms with van der Waals surface area (Å²) in [5, 5.41) is 10.4. The fourth-order valence-electron chi connectivity index (χ4n) is 2.27. The van der Waals surface area contributed by atoms with E-state index in [-0.39, 0.29) is 11.4 Å². The number of thioether (sulfide) groups is 1. The van der Waals surface area contributed by atoms with Gasteiger partial charge in [0.05, 0.1) is 4.92 Å². The minimum Gasteiger partial charge on any atom is -0.393 e. The third-order valence-corrected chi connectivity index (χ3v) is 6.05. The first kappa shape index (κ1) is 16.1. The van der Waals surface area contributed by atoms with Crippen LogP contribution in [0.4, 0.5) is 11.4 Å². The highest BCUT2D eigenvalue weighted by atomic mass is 32.2. The zero-order valence-corrected chi connectivity index (χ0v) is 13.2. The maximum absolute atomic E-state index is 11.8. The highest BCUT2D eigenvalue weighted by Gasteiger charge is 2.31. The lowest BCUT2D eigenvalue weighted by atomic mass is 10.1. The van der Waals surface area contributed by atoms with Gasteiger partial charge in [0.25, 0.3) is 5.69 Å². The molecule has 0 bridgehead atoms. The average molecular weight is 331 g/mol. The Morgan fingerprint density at radius 1 is 1.52 bits per heavy atom. The van der Waals surface area contributed by atoms with Gasteiger partial charge in [0.15, 0.2) is 9.84 Å². The molecule has 0 aliphatic carbocycles. The summed E-state index contributed by atoms with van der Waals surface area (Å²) in [5.74, 6) is 1.37. The number of anilines is 1. The van der Waals surface area contributed by atoms with Gasteiger partial charge in [-0.1, -0.05) is 6.07 Å². The van der Waals surface area contributed by atoms with Crippen molar-refractivity contribution in [3.05, 3.63) is 33.9 Å². The maximum atomic E-state index is 11.8. The molecule has 0 aromatic heterocycles. The van der Waals surface area contributed by atoms with Gasteiger partial charge < -0.3 is 5.73 Å². The van der Waals surface area contributed by atoms with Gasteiger partial charge in [-0.25, -0.2) is 8.42 Å². The van der Waals surface area contributed by atoms with Crippen molar-refractivity contribution in [3.63, 3.8) is 0 Å². The number of sulfone groups is 1. The van der Waals surface area contributed by atoms with Crippen LogP contribution in [-0.4, -0.2) is 47.9 Å². The lowest BCUT2D eigenvalue weighted by Crippen LogP contribution is -2.46. The average Bonchev–Trinajstić information content (AvgIpc) is 2.40. The second-order valence-electron chi connectivity index (χ2n) is 4.98. The number of nitro groups is 1. The highest BCUT2D eigenvalue weighted by Crippen LogP contribution is 2.26. The normalized spacial score (nSPS) is 20.3. The predicted molar refractivity (Wildman–Crippen MR) is 83.9 cm³/mol. The van der Waals surface area contributed by atoms with Crippen LogP contribution >= 0.6 is 11.8 Å². The lowest BCUT2D eigenvalue weighted by molar-refractivity contribution is -0.384. The molecular weight excluding hydrogens is 314 g/mol. The van der Waals surface area contributed by atoms with E-state index in [1.807, 2.05) is 4.90 Å². The minimum atomic E-state index is -3.18. The Balaban J connectivity index is 2.24. The topological polar surface area (TPSA) is 107 Å². The van der Waals surface area contributed by atoms with E-state index in [1.54, 1.807) is 17.8 Å². The third kappa shape index (κ3) is 3.86. The molecule has 0 spiro atoms. The van der Waals surface area contributed by atoms with Crippen LogP contribution < -0.4 is 5.73 Å². The van der Waals surface area contributed by atoms with Gasteiger partial charge in [0.1, 0.15) is 11.1 Å². The molecule has 0 radical (unpaired) electrons. The molecule has 1 aliphatic rings. The first-order valence-electron chi connectivity index (χ1n) is 6.32. The molecule has 0 amide bonds. The van der Waals surface area contributed by atoms with Crippen LogP contribution in [0.25, 0.3) is 0 Å². The Labute approximate surface area is 127 Å². The van der Waals surface area contributed by atoms with Crippen LogP contribution in [0.2, 0.25) is 0 Å². The van der Waals surface area contributed by atoms with Crippen molar-refractivity contribution in [3.8, 4) is 0 Å². The number of nitrogens with two attached hydrogens (primary N) is 1. The minimum absolute atomic E-state index is 0.109. The molecule has 1 aromatic carbocycles. The molecule has 1 unspecified atom stereocenters. The zero-order chi connectivity index (χ0) is 15.6. The SMILES string of the molecule is CS(=O)(=O)C1CSCCN1Cc1ccc(N)c([N+](=O)[O-])c1. The maximum Gasteiger partial charge on any atom is 0.292 e. The Bertz CT molecular complexity index is 648. The molecule has 1 heterocycles. The fourth-order valence-corrected chi connectivity index (χ4v) is 5.21. The van der Waals surface area contributed by atoms with Gasteiger partial charge in [-0.05, 0) is 11.6 Å². The molecule has 1 aliphatic heterocycles. The van der Waals surface area contributed by atoms with Gasteiger partial charge in [-0.3, -0.25) is 15.0 Å². The first-order chi connectivity index (χ1) is 9.79. The van der Waals surface area contributed by atoms with Gasteiger partial charge in [0, 0.05) is 36.9 Å². The van der Waals surface area contributed by atoms with E-state index in [2.05, 4.69) is 0 Å². The highest BCUT2D eigenvalue weighted by molar-refractivity contribution is 8.00. The number of nitrogen functional groups attached to an aromatic ring is 1. The summed E-state index contributed by atoms with van der Waals surface area (Å²) < 4.78 is 23.7. The van der Waals surface area contributed by atoms with E-state index in [1.165, 1.54) is 18.4 Å². The predicted octanol–water partition coefficient (Wildman–Crippen LogP) is 1.10. The van der Waals surface area contributed by atoms with Crippen LogP contribution in [0.1, 0.15) is 5.56 Å². The molecule has 9 heteroatoms. The molecule has 1 aromatic rings. The van der Waals surface area contributed by atoms with Crippen molar-refractivity contribution in [2.75, 3.05) is 30.0 Å². The second-order valence-corrected chi connectivity index (χ2v) is 8.33. The molecule has 2 rings (SSSR count). The standard InChI is InChI=1S/C12H17N3O4S2/c1-21(18,19)12-8-20-5-4-14(12)7-9-2-3-10(13)11(6-9)15(16)17/h2-3,6,12H,4-5,7-8,13H2,1H3. The van der Waals surface area contributed by atoms with Gasteiger partial charge in [-0.2, -0.15) is 11.8 Å². The van der Waals surface area contributed by atoms with E-state index < -0.39 is 20.1 Å². The monoisotopic (exact) mass is 331 g/mol. The lowest BCUT2D eigenvalue weighted by Gasteiger charge is -2.33. The van der Waals surface area contributed by atoms with E-state index in [4.69, 9.17) is 5.73 Å². The van der Waals surface area contributed by atoms with Gasteiger partial charge in [-0.15, -0.1) is 0 Å². The molecule has 116 valence electrons. The van der Waals surface area contributed by atoms with Crippen LogP contribution in [0.3, 0.4) is 0 Å². The molecule has 1 fully saturated rings. The smallest absolute Gasteiger partial charge is 0.292 e. The van der Waals surface area contributed by atoms with Crippen molar-refractivity contribution in [2.45, 2.75) is 11.9 Å². The van der Waals surface area contributed by atoms with Gasteiger partial charge >= 0.3 is 0 Å². The van der Waals surface area contributed by atoms with Crippen molar-refractivity contribution < 1.29 is 13.3 Å². The molecule has 1 saturated heterocycles. The molecular formula is C12H17N3O4S2. The second kappa shape index (κ2) is 6.20. The summed E-state index contributed by atoms with van der Waals surface area (Å²) in [5.41, 5.74) is 6.22. The number of rotatable bonds is 4. The largest absolute Gasteiger partial charge is 0.393 e. The van der Waals surface area contributed by atoms with Crippen LogP contribution in [0, 0.1) is 10.1 Å². The van der Waals surface area contributed by atoms with E-state index in [9.17, 15) is 18.5 Å². The zero-order valence-electron chi connectivity index (χ0n) is 11.6. The Hall–Kier alpha value is -1.32. The third-order valence-electron chi connectivity index (χ3n) is 3.36. The molecule has 7 nitrogen and oxygen atoms in total. The molecule has 21 heavy (non-hydrogen) atoms. The van der Waals surface area contributed by atoms with Crippen molar-refractivity contribution in [1.82, 2.24) is 4.90 Å². The van der Waals surface area contributed by atoms with Crippen LogP contribution in [0.15, 0.2) is 18.2 Å². The van der Waals surface area contributed by atoms with Crippen molar-refractivity contribution in [2.24, 2.45) is 0 Å². The summed E-state index contributed by atoms with van der Waals surface area (Å²) in [6.45, 7) is 1.000. The Morgan fingerprint density at radius 3 is 2.86 bits per heavy atom. The number of nitrogens with zero attached hydrogens (tertiary/aromatic N) is 2. The van der Waals surface area contributed by atoms with E-state index in [0.29, 0.717) is 24.4 Å². The summed E-state index contributed by atoms with van der Waals surface area (Å²) in [6.07, 6.45) is 1.22. The van der Waals surface area contributed by atoms with E-state index >= 15 is 0 Å². The molecule has 0 saturated carbocycles. The van der Waals surface area contributed by atoms with Crippen LogP contribution in [-0.2, 0) is 16.4 Å². The summed E-state index contributed by atoms with van der Waals surface area (Å²) in [4.78, 5) is 12.2. The molecule has 1 atom stereocenters. The van der Waals surface area contributed by atoms with Gasteiger partial charge in [0.2, 0.25) is 0 Å². The van der Waals surface area contributed by atoms with E-state index in [0.717, 1.165) is 5.75 Å². The summed E-state index contributed by atoms with van der Waals surface area (Å²) in [6, 6.07) is 4.60. The molecule has 2 N–H and O–H groups in total. The number of nitro benzene ring substituents is 1. The fraction of sp³-hybridized carbons (Fsp3) is 0.500.